The van der Waals surface area contributed by atoms with Crippen LogP contribution in [-0.2, 0) is 20.4 Å². The molecule has 0 bridgehead atoms. The molecule has 1 aromatic rings. The maximum Gasteiger partial charge on any atom is 0.165 e. The summed E-state index contributed by atoms with van der Waals surface area (Å²) in [5.41, 5.74) is 2.20. The van der Waals surface area contributed by atoms with Crippen LogP contribution in [0.3, 0.4) is 0 Å². The van der Waals surface area contributed by atoms with Gasteiger partial charge < -0.3 is 12.3 Å². The van der Waals surface area contributed by atoms with Gasteiger partial charge in [0.1, 0.15) is 0 Å². The van der Waals surface area contributed by atoms with Crippen LogP contribution in [0.1, 0.15) is 69.3 Å². The van der Waals surface area contributed by atoms with Crippen molar-refractivity contribution < 1.29 is 25.2 Å². The standard InChI is InChI=1S/C20H33NO.CH3.Re/c1-7-17(12-13-21(6)14-15(2)3)18-8-10-19(11-9-18)20(22)16(4)5;;/h8-11,15-17H,7,12-14H2,1-6H3;1H3;/q;-1;. The molecule has 0 aliphatic heterocycles. The molecule has 3 heteroatoms. The van der Waals surface area contributed by atoms with E-state index in [0.29, 0.717) is 11.8 Å². The molecule has 2 nitrogen and oxygen atoms in total. The minimum absolute atomic E-state index is 0. The molecular formula is C21H36NORe-. The van der Waals surface area contributed by atoms with E-state index in [1.165, 1.54) is 12.0 Å². The third kappa shape index (κ3) is 8.56. The van der Waals surface area contributed by atoms with E-state index in [-0.39, 0.29) is 39.6 Å². The van der Waals surface area contributed by atoms with E-state index in [2.05, 4.69) is 44.9 Å². The van der Waals surface area contributed by atoms with Gasteiger partial charge >= 0.3 is 0 Å². The van der Waals surface area contributed by atoms with E-state index >= 15 is 0 Å². The normalized spacial score (nSPS) is 12.0. The van der Waals surface area contributed by atoms with E-state index in [4.69, 9.17) is 0 Å². The maximum atomic E-state index is 12.0. The Bertz CT molecular complexity index is 453. The molecule has 1 aromatic carbocycles. The Morgan fingerprint density at radius 1 is 1.08 bits per heavy atom. The fourth-order valence-electron chi connectivity index (χ4n) is 2.95. The van der Waals surface area contributed by atoms with Gasteiger partial charge in [0.15, 0.2) is 5.78 Å². The number of benzene rings is 1. The predicted octanol–water partition coefficient (Wildman–Crippen LogP) is 5.44. The van der Waals surface area contributed by atoms with E-state index in [9.17, 15) is 4.79 Å². The summed E-state index contributed by atoms with van der Waals surface area (Å²) in [6.45, 7) is 13.0. The Balaban J connectivity index is 0. The third-order valence-corrected chi connectivity index (χ3v) is 4.22. The second kappa shape index (κ2) is 12.8. The molecule has 0 N–H and O–H groups in total. The van der Waals surface area contributed by atoms with Crippen LogP contribution in [0.25, 0.3) is 0 Å². The van der Waals surface area contributed by atoms with Crippen molar-refractivity contribution in [2.75, 3.05) is 20.1 Å². The van der Waals surface area contributed by atoms with Crippen molar-refractivity contribution in [2.45, 2.75) is 53.4 Å². The maximum absolute atomic E-state index is 12.0. The number of Topliss-reactive ketones (excluding diaryl/α,β-unsaturated/α-hetero) is 1. The van der Waals surface area contributed by atoms with Gasteiger partial charge in [-0.05, 0) is 43.8 Å². The van der Waals surface area contributed by atoms with Crippen molar-refractivity contribution in [3.63, 3.8) is 0 Å². The average molecular weight is 505 g/mol. The first kappa shape index (κ1) is 25.7. The molecule has 139 valence electrons. The van der Waals surface area contributed by atoms with Gasteiger partial charge in [0, 0.05) is 38.4 Å². The fourth-order valence-corrected chi connectivity index (χ4v) is 2.95. The van der Waals surface area contributed by atoms with Crippen molar-refractivity contribution in [3.8, 4) is 0 Å². The van der Waals surface area contributed by atoms with E-state index < -0.39 is 0 Å². The summed E-state index contributed by atoms with van der Waals surface area (Å²) in [4.78, 5) is 14.4. The van der Waals surface area contributed by atoms with E-state index in [1.807, 2.05) is 26.0 Å². The third-order valence-electron chi connectivity index (χ3n) is 4.22. The second-order valence-electron chi connectivity index (χ2n) is 7.19. The molecule has 1 atom stereocenters. The molecule has 1 radical (unpaired) electrons. The van der Waals surface area contributed by atoms with Crippen molar-refractivity contribution in [1.82, 2.24) is 4.90 Å². The summed E-state index contributed by atoms with van der Waals surface area (Å²) in [6, 6.07) is 8.29. The SMILES string of the molecule is CCC(CCN(C)CC(C)C)c1ccc(C(=O)C(C)C)cc1.[CH3-].[Re]. The number of carbonyl (C=O) groups is 1. The van der Waals surface area contributed by atoms with Crippen LogP contribution in [-0.4, -0.2) is 30.8 Å². The van der Waals surface area contributed by atoms with Gasteiger partial charge in [0.2, 0.25) is 0 Å². The monoisotopic (exact) mass is 505 g/mol. The molecule has 0 aliphatic carbocycles. The van der Waals surface area contributed by atoms with Crippen LogP contribution in [0.2, 0.25) is 0 Å². The topological polar surface area (TPSA) is 20.3 Å². The second-order valence-corrected chi connectivity index (χ2v) is 7.19. The Morgan fingerprint density at radius 3 is 2.04 bits per heavy atom. The Kier molecular flexibility index (Phi) is 13.7. The zero-order chi connectivity index (χ0) is 16.7. The predicted molar refractivity (Wildman–Crippen MR) is 102 cm³/mol. The number of rotatable bonds is 9. The molecule has 1 unspecified atom stereocenters. The van der Waals surface area contributed by atoms with E-state index in [1.54, 1.807) is 0 Å². The molecule has 0 aromatic heterocycles. The molecule has 0 heterocycles. The number of hydrogen-bond donors (Lipinski definition) is 0. The van der Waals surface area contributed by atoms with Crippen LogP contribution < -0.4 is 0 Å². The van der Waals surface area contributed by atoms with Crippen LogP contribution in [0, 0.1) is 19.3 Å². The van der Waals surface area contributed by atoms with Crippen LogP contribution in [0.15, 0.2) is 24.3 Å². The van der Waals surface area contributed by atoms with Gasteiger partial charge in [0.25, 0.3) is 0 Å². The number of hydrogen-bond acceptors (Lipinski definition) is 2. The number of nitrogens with zero attached hydrogens (tertiary/aromatic N) is 1. The largest absolute Gasteiger partial charge is 0.358 e. The zero-order valence-electron chi connectivity index (χ0n) is 16.6. The first-order valence-electron chi connectivity index (χ1n) is 8.67. The average Bonchev–Trinajstić information content (AvgIpc) is 2.47. The smallest absolute Gasteiger partial charge is 0.165 e. The van der Waals surface area contributed by atoms with Gasteiger partial charge in [0.05, 0.1) is 0 Å². The quantitative estimate of drug-likeness (QED) is 0.330. The van der Waals surface area contributed by atoms with Crippen molar-refractivity contribution >= 4 is 5.78 Å². The summed E-state index contributed by atoms with van der Waals surface area (Å²) < 4.78 is 0. The fraction of sp³-hybridized carbons (Fsp3) is 0.619. The summed E-state index contributed by atoms with van der Waals surface area (Å²) in [5, 5.41) is 0. The first-order valence-corrected chi connectivity index (χ1v) is 8.67. The van der Waals surface area contributed by atoms with Crippen LogP contribution in [0.4, 0.5) is 0 Å². The van der Waals surface area contributed by atoms with Gasteiger partial charge in [-0.3, -0.25) is 4.79 Å². The van der Waals surface area contributed by atoms with Gasteiger partial charge in [-0.1, -0.05) is 58.9 Å². The molecule has 0 saturated heterocycles. The molecule has 1 rings (SSSR count). The summed E-state index contributed by atoms with van der Waals surface area (Å²) in [7, 11) is 2.21. The van der Waals surface area contributed by atoms with Gasteiger partial charge in [-0.25, -0.2) is 0 Å². The summed E-state index contributed by atoms with van der Waals surface area (Å²) in [5.74, 6) is 1.60. The summed E-state index contributed by atoms with van der Waals surface area (Å²) in [6.07, 6.45) is 2.32. The molecule has 0 fully saturated rings. The number of carbonyl (C=O) groups excluding carboxylic acids is 1. The Labute approximate surface area is 164 Å². The molecule has 0 spiro atoms. The van der Waals surface area contributed by atoms with Crippen LogP contribution in [0.5, 0.6) is 0 Å². The van der Waals surface area contributed by atoms with Crippen molar-refractivity contribution in [1.29, 1.82) is 0 Å². The van der Waals surface area contributed by atoms with Crippen molar-refractivity contribution in [2.24, 2.45) is 11.8 Å². The first-order chi connectivity index (χ1) is 10.3. The molecule has 24 heavy (non-hydrogen) atoms. The van der Waals surface area contributed by atoms with E-state index in [0.717, 1.165) is 25.1 Å². The number of ketones is 1. The minimum Gasteiger partial charge on any atom is -0.358 e. The molecule has 0 aliphatic rings. The Hall–Kier alpha value is -0.488. The van der Waals surface area contributed by atoms with Crippen molar-refractivity contribution in [3.05, 3.63) is 42.8 Å². The molecule has 0 saturated carbocycles. The van der Waals surface area contributed by atoms with Gasteiger partial charge in [-0.2, -0.15) is 0 Å². The molecule has 0 amide bonds. The summed E-state index contributed by atoms with van der Waals surface area (Å²) >= 11 is 0. The Morgan fingerprint density at radius 2 is 1.62 bits per heavy atom. The zero-order valence-corrected chi connectivity index (χ0v) is 19.3. The van der Waals surface area contributed by atoms with Gasteiger partial charge in [-0.15, -0.1) is 0 Å². The molecular weight excluding hydrogens is 468 g/mol. The minimum atomic E-state index is 0. The van der Waals surface area contributed by atoms with Crippen LogP contribution >= 0.6 is 0 Å².